The highest BCUT2D eigenvalue weighted by Crippen LogP contribution is 2.58. The largest absolute Gasteiger partial charge is 0.456 e. The zero-order valence-corrected chi connectivity index (χ0v) is 32.6. The van der Waals surface area contributed by atoms with Gasteiger partial charge < -0.3 is 9.32 Å². The third-order valence-corrected chi connectivity index (χ3v) is 13.2. The lowest BCUT2D eigenvalue weighted by atomic mass is 9.67. The molecule has 2 heteroatoms. The van der Waals surface area contributed by atoms with Crippen LogP contribution in [0.5, 0.6) is 0 Å². The zero-order valence-electron chi connectivity index (χ0n) is 32.6. The van der Waals surface area contributed by atoms with E-state index in [2.05, 4.69) is 230 Å². The van der Waals surface area contributed by atoms with Crippen LogP contribution in [-0.4, -0.2) is 0 Å². The highest BCUT2D eigenvalue weighted by molar-refractivity contribution is 6.10. The lowest BCUT2D eigenvalue weighted by Crippen LogP contribution is -2.28. The Hall–Kier alpha value is -7.42. The fourth-order valence-electron chi connectivity index (χ4n) is 10.7. The van der Waals surface area contributed by atoms with Crippen LogP contribution in [0.4, 0.5) is 17.1 Å². The van der Waals surface area contributed by atoms with Gasteiger partial charge in [-0.05, 0) is 117 Å². The Morgan fingerprint density at radius 3 is 1.49 bits per heavy atom. The topological polar surface area (TPSA) is 16.4 Å². The number of benzene rings is 9. The van der Waals surface area contributed by atoms with Gasteiger partial charge in [-0.25, -0.2) is 0 Å². The van der Waals surface area contributed by atoms with Crippen LogP contribution in [0.25, 0.3) is 44.2 Å². The van der Waals surface area contributed by atoms with Gasteiger partial charge in [0.2, 0.25) is 0 Å². The molecular formula is C57H39NO. The van der Waals surface area contributed by atoms with E-state index in [1.54, 1.807) is 0 Å². The molecule has 278 valence electrons. The lowest BCUT2D eigenvalue weighted by Gasteiger charge is -2.35. The minimum absolute atomic E-state index is 0.369. The van der Waals surface area contributed by atoms with Gasteiger partial charge >= 0.3 is 0 Å². The van der Waals surface area contributed by atoms with E-state index in [4.69, 9.17) is 4.42 Å². The Morgan fingerprint density at radius 2 is 0.847 bits per heavy atom. The second-order valence-electron chi connectivity index (χ2n) is 16.1. The van der Waals surface area contributed by atoms with Crippen molar-refractivity contribution in [2.24, 2.45) is 0 Å². The van der Waals surface area contributed by atoms with Crippen molar-refractivity contribution < 1.29 is 4.42 Å². The van der Waals surface area contributed by atoms with Gasteiger partial charge in [0.15, 0.2) is 0 Å². The Balaban J connectivity index is 1.10. The fourth-order valence-corrected chi connectivity index (χ4v) is 10.7. The van der Waals surface area contributed by atoms with Crippen molar-refractivity contribution >= 4 is 39.0 Å². The number of rotatable bonds is 6. The van der Waals surface area contributed by atoms with Crippen molar-refractivity contribution in [2.75, 3.05) is 4.90 Å². The number of anilines is 3. The molecule has 0 amide bonds. The average Bonchev–Trinajstić information content (AvgIpc) is 3.92. The first-order valence-electron chi connectivity index (χ1n) is 20.5. The monoisotopic (exact) mass is 753 g/mol. The zero-order chi connectivity index (χ0) is 39.1. The van der Waals surface area contributed by atoms with Crippen LogP contribution >= 0.6 is 0 Å². The molecule has 0 fully saturated rings. The van der Waals surface area contributed by atoms with E-state index in [9.17, 15) is 0 Å². The molecule has 0 aliphatic heterocycles. The van der Waals surface area contributed by atoms with Crippen LogP contribution in [0.2, 0.25) is 0 Å². The average molecular weight is 754 g/mol. The first kappa shape index (κ1) is 33.7. The van der Waals surface area contributed by atoms with Crippen molar-refractivity contribution in [3.63, 3.8) is 0 Å². The molecular weight excluding hydrogens is 715 g/mol. The van der Waals surface area contributed by atoms with Gasteiger partial charge in [-0.15, -0.1) is 0 Å². The first-order chi connectivity index (χ1) is 29.2. The summed E-state index contributed by atoms with van der Waals surface area (Å²) in [6.07, 6.45) is 0. The summed E-state index contributed by atoms with van der Waals surface area (Å²) >= 11 is 0. The molecule has 0 saturated carbocycles. The molecule has 2 nitrogen and oxygen atoms in total. The molecule has 0 bridgehead atoms. The molecule has 10 aromatic rings. The molecule has 0 spiro atoms. The van der Waals surface area contributed by atoms with E-state index in [-0.39, 0.29) is 5.41 Å². The maximum Gasteiger partial charge on any atom is 0.135 e. The van der Waals surface area contributed by atoms with Crippen molar-refractivity contribution in [3.05, 3.63) is 257 Å². The molecule has 0 saturated heterocycles. The maximum atomic E-state index is 6.72. The smallest absolute Gasteiger partial charge is 0.135 e. The SMILES string of the molecule is CC1(c2cccc3oc4ccc(N(c5ccccc5)c5ccc6c(c5)C(c5ccccc5)(c5ccccc5)c5ccccc5-6)cc4c23)c2ccccc2-c2ccccc21. The van der Waals surface area contributed by atoms with E-state index in [1.807, 2.05) is 0 Å². The molecule has 0 atom stereocenters. The molecule has 2 aliphatic carbocycles. The van der Waals surface area contributed by atoms with Crippen molar-refractivity contribution in [3.8, 4) is 22.3 Å². The maximum absolute atomic E-state index is 6.72. The molecule has 9 aromatic carbocycles. The number of hydrogen-bond donors (Lipinski definition) is 0. The van der Waals surface area contributed by atoms with Gasteiger partial charge in [0.1, 0.15) is 11.2 Å². The second kappa shape index (κ2) is 12.8. The van der Waals surface area contributed by atoms with Gasteiger partial charge in [0.25, 0.3) is 0 Å². The third kappa shape index (κ3) is 4.69. The minimum atomic E-state index is -0.504. The predicted molar refractivity (Wildman–Crippen MR) is 243 cm³/mol. The van der Waals surface area contributed by atoms with Gasteiger partial charge in [-0.3, -0.25) is 0 Å². The van der Waals surface area contributed by atoms with E-state index < -0.39 is 5.41 Å². The van der Waals surface area contributed by atoms with Crippen LogP contribution in [0.15, 0.2) is 223 Å². The van der Waals surface area contributed by atoms with E-state index in [1.165, 1.54) is 61.2 Å². The van der Waals surface area contributed by atoms with Crippen molar-refractivity contribution in [1.82, 2.24) is 0 Å². The van der Waals surface area contributed by atoms with E-state index >= 15 is 0 Å². The molecule has 1 aromatic heterocycles. The molecule has 0 unspecified atom stereocenters. The number of hydrogen-bond acceptors (Lipinski definition) is 2. The summed E-state index contributed by atoms with van der Waals surface area (Å²) in [5.74, 6) is 0. The van der Waals surface area contributed by atoms with Crippen LogP contribution < -0.4 is 4.90 Å². The molecule has 59 heavy (non-hydrogen) atoms. The number of furan rings is 1. The number of nitrogens with zero attached hydrogens (tertiary/aromatic N) is 1. The van der Waals surface area contributed by atoms with Gasteiger partial charge in [0, 0.05) is 33.2 Å². The second-order valence-corrected chi connectivity index (χ2v) is 16.1. The Morgan fingerprint density at radius 1 is 0.356 bits per heavy atom. The van der Waals surface area contributed by atoms with Gasteiger partial charge in [0.05, 0.1) is 5.41 Å². The summed E-state index contributed by atoms with van der Waals surface area (Å²) in [5, 5.41) is 2.26. The van der Waals surface area contributed by atoms with E-state index in [0.717, 1.165) is 39.0 Å². The Kier molecular flexibility index (Phi) is 7.31. The number of para-hydroxylation sites is 1. The van der Waals surface area contributed by atoms with Crippen molar-refractivity contribution in [2.45, 2.75) is 17.8 Å². The minimum Gasteiger partial charge on any atom is -0.456 e. The van der Waals surface area contributed by atoms with Crippen LogP contribution in [0, 0.1) is 0 Å². The summed E-state index contributed by atoms with van der Waals surface area (Å²) in [5.41, 5.74) is 18.3. The summed E-state index contributed by atoms with van der Waals surface area (Å²) in [6.45, 7) is 2.39. The molecule has 1 heterocycles. The van der Waals surface area contributed by atoms with Crippen LogP contribution in [0.3, 0.4) is 0 Å². The lowest BCUT2D eigenvalue weighted by molar-refractivity contribution is 0.666. The standard InChI is InChI=1S/C57H39NO/c1-56(48-27-14-11-24-43(48)44-25-12-15-28-49(44)56)51-30-17-31-54-55(51)47-36-41(33-35-53(47)59-54)58(40-22-9-4-10-23-40)42-32-34-46-45-26-13-16-29-50(45)57(52(46)37-42,38-18-5-2-6-19-38)39-20-7-3-8-21-39/h2-37H,1H3. The fraction of sp³-hybridized carbons (Fsp3) is 0.0526. The molecule has 12 rings (SSSR count). The third-order valence-electron chi connectivity index (χ3n) is 13.2. The molecule has 0 N–H and O–H groups in total. The van der Waals surface area contributed by atoms with Gasteiger partial charge in [-0.1, -0.05) is 170 Å². The molecule has 2 aliphatic rings. The predicted octanol–water partition coefficient (Wildman–Crippen LogP) is 14.8. The van der Waals surface area contributed by atoms with Crippen LogP contribution in [-0.2, 0) is 10.8 Å². The van der Waals surface area contributed by atoms with Gasteiger partial charge in [-0.2, -0.15) is 0 Å². The van der Waals surface area contributed by atoms with E-state index in [0.29, 0.717) is 0 Å². The van der Waals surface area contributed by atoms with Crippen molar-refractivity contribution in [1.29, 1.82) is 0 Å². The highest BCUT2D eigenvalue weighted by atomic mass is 16.3. The Labute approximate surface area is 344 Å². The summed E-state index contributed by atoms with van der Waals surface area (Å²) in [7, 11) is 0. The molecule has 0 radical (unpaired) electrons. The summed E-state index contributed by atoms with van der Waals surface area (Å²) in [4.78, 5) is 2.41. The van der Waals surface area contributed by atoms with Crippen LogP contribution in [0.1, 0.15) is 45.9 Å². The highest BCUT2D eigenvalue weighted by Gasteiger charge is 2.46. The summed E-state index contributed by atoms with van der Waals surface area (Å²) < 4.78 is 6.72. The number of fused-ring (bicyclic) bond motifs is 9. The summed E-state index contributed by atoms with van der Waals surface area (Å²) in [6, 6.07) is 79.9. The quantitative estimate of drug-likeness (QED) is 0.168. The first-order valence-corrected chi connectivity index (χ1v) is 20.5. The Bertz CT molecular complexity index is 3150. The normalized spacial score (nSPS) is 14.1.